The van der Waals surface area contributed by atoms with Gasteiger partial charge in [0.15, 0.2) is 0 Å². The SMILES string of the molecule is O=C(Cc1ccccc1)N/N=C/c1ccc(OC(=O)c2ccc(Br)cc2)cc1. The lowest BCUT2D eigenvalue weighted by molar-refractivity contribution is -0.120. The quantitative estimate of drug-likeness (QED) is 0.270. The molecule has 3 aromatic rings. The molecule has 0 radical (unpaired) electrons. The lowest BCUT2D eigenvalue weighted by Crippen LogP contribution is -2.19. The van der Waals surface area contributed by atoms with Crippen LogP contribution in [0, 0.1) is 0 Å². The number of hydrazone groups is 1. The highest BCUT2D eigenvalue weighted by Crippen LogP contribution is 2.15. The fourth-order valence-electron chi connectivity index (χ4n) is 2.37. The Morgan fingerprint density at radius 3 is 2.29 bits per heavy atom. The second-order valence-electron chi connectivity index (χ2n) is 5.92. The van der Waals surface area contributed by atoms with Crippen molar-refractivity contribution in [1.82, 2.24) is 5.43 Å². The van der Waals surface area contributed by atoms with Gasteiger partial charge in [0.25, 0.3) is 0 Å². The van der Waals surface area contributed by atoms with Gasteiger partial charge < -0.3 is 4.74 Å². The lowest BCUT2D eigenvalue weighted by atomic mass is 10.1. The Labute approximate surface area is 171 Å². The number of nitrogens with zero attached hydrogens (tertiary/aromatic N) is 1. The van der Waals surface area contributed by atoms with E-state index < -0.39 is 5.97 Å². The number of carbonyl (C=O) groups is 2. The van der Waals surface area contributed by atoms with Crippen molar-refractivity contribution >= 4 is 34.0 Å². The first kappa shape index (κ1) is 19.5. The fourth-order valence-corrected chi connectivity index (χ4v) is 2.64. The van der Waals surface area contributed by atoms with Crippen LogP contribution in [-0.4, -0.2) is 18.1 Å². The summed E-state index contributed by atoms with van der Waals surface area (Å²) < 4.78 is 6.23. The van der Waals surface area contributed by atoms with E-state index in [2.05, 4.69) is 26.5 Å². The topological polar surface area (TPSA) is 67.8 Å². The summed E-state index contributed by atoms with van der Waals surface area (Å²) in [7, 11) is 0. The average Bonchev–Trinajstić information content (AvgIpc) is 2.70. The number of amides is 1. The number of carbonyl (C=O) groups excluding carboxylic acids is 2. The monoisotopic (exact) mass is 436 g/mol. The van der Waals surface area contributed by atoms with Gasteiger partial charge in [-0.3, -0.25) is 4.79 Å². The van der Waals surface area contributed by atoms with Crippen molar-refractivity contribution in [1.29, 1.82) is 0 Å². The number of benzene rings is 3. The number of esters is 1. The molecule has 0 spiro atoms. The summed E-state index contributed by atoms with van der Waals surface area (Å²) in [6.45, 7) is 0. The normalized spacial score (nSPS) is 10.6. The van der Waals surface area contributed by atoms with Gasteiger partial charge >= 0.3 is 5.97 Å². The third-order valence-corrected chi connectivity index (χ3v) is 4.31. The first-order chi connectivity index (χ1) is 13.6. The summed E-state index contributed by atoms with van der Waals surface area (Å²) in [6, 6.07) is 23.2. The average molecular weight is 437 g/mol. The third kappa shape index (κ3) is 5.89. The summed E-state index contributed by atoms with van der Waals surface area (Å²) in [5.74, 6) is -0.192. The second-order valence-corrected chi connectivity index (χ2v) is 6.84. The number of ether oxygens (including phenoxy) is 1. The van der Waals surface area contributed by atoms with Crippen LogP contribution in [0.15, 0.2) is 88.4 Å². The van der Waals surface area contributed by atoms with E-state index in [0.717, 1.165) is 15.6 Å². The van der Waals surface area contributed by atoms with Crippen LogP contribution in [0.3, 0.4) is 0 Å². The van der Waals surface area contributed by atoms with Crippen molar-refractivity contribution in [2.24, 2.45) is 5.10 Å². The van der Waals surface area contributed by atoms with Gasteiger partial charge in [0.2, 0.25) is 5.91 Å². The minimum atomic E-state index is -0.429. The van der Waals surface area contributed by atoms with E-state index in [1.807, 2.05) is 30.3 Å². The number of hydrogen-bond donors (Lipinski definition) is 1. The molecule has 28 heavy (non-hydrogen) atoms. The van der Waals surface area contributed by atoms with E-state index in [0.29, 0.717) is 11.3 Å². The van der Waals surface area contributed by atoms with Gasteiger partial charge in [-0.2, -0.15) is 5.10 Å². The van der Waals surface area contributed by atoms with Gasteiger partial charge in [0.05, 0.1) is 18.2 Å². The summed E-state index contributed by atoms with van der Waals surface area (Å²) in [5, 5.41) is 3.95. The van der Waals surface area contributed by atoms with Gasteiger partial charge in [0, 0.05) is 4.47 Å². The first-order valence-corrected chi connectivity index (χ1v) is 9.33. The maximum absolute atomic E-state index is 12.1. The maximum atomic E-state index is 12.1. The maximum Gasteiger partial charge on any atom is 0.343 e. The van der Waals surface area contributed by atoms with Crippen molar-refractivity contribution in [3.05, 3.63) is 100 Å². The zero-order valence-corrected chi connectivity index (χ0v) is 16.4. The highest BCUT2D eigenvalue weighted by atomic mass is 79.9. The molecule has 1 amide bonds. The zero-order valence-electron chi connectivity index (χ0n) is 14.8. The van der Waals surface area contributed by atoms with Crippen molar-refractivity contribution in [2.75, 3.05) is 0 Å². The minimum Gasteiger partial charge on any atom is -0.423 e. The Morgan fingerprint density at radius 1 is 0.929 bits per heavy atom. The molecule has 3 aromatic carbocycles. The molecule has 0 heterocycles. The van der Waals surface area contributed by atoms with E-state index in [4.69, 9.17) is 4.74 Å². The number of halogens is 1. The Balaban J connectivity index is 1.51. The molecule has 1 N–H and O–H groups in total. The summed E-state index contributed by atoms with van der Waals surface area (Å²) >= 11 is 3.32. The Kier molecular flexibility index (Phi) is 6.70. The molecule has 5 nitrogen and oxygen atoms in total. The molecule has 0 saturated heterocycles. The molecular weight excluding hydrogens is 420 g/mol. The van der Waals surface area contributed by atoms with Crippen molar-refractivity contribution in [3.63, 3.8) is 0 Å². The molecule has 0 unspecified atom stereocenters. The Bertz CT molecular complexity index is 969. The van der Waals surface area contributed by atoms with Gasteiger partial charge in [-0.05, 0) is 59.7 Å². The molecule has 0 saturated carbocycles. The molecule has 0 aliphatic rings. The van der Waals surface area contributed by atoms with Crippen molar-refractivity contribution in [3.8, 4) is 5.75 Å². The van der Waals surface area contributed by atoms with E-state index in [-0.39, 0.29) is 12.3 Å². The highest BCUT2D eigenvalue weighted by Gasteiger charge is 2.08. The minimum absolute atomic E-state index is 0.192. The van der Waals surface area contributed by atoms with Crippen LogP contribution < -0.4 is 10.2 Å². The van der Waals surface area contributed by atoms with Gasteiger partial charge in [-0.15, -0.1) is 0 Å². The predicted molar refractivity (Wildman–Crippen MR) is 111 cm³/mol. The Hall–Kier alpha value is -3.25. The van der Waals surface area contributed by atoms with Crippen LogP contribution in [0.25, 0.3) is 0 Å². The number of rotatable bonds is 6. The van der Waals surface area contributed by atoms with Gasteiger partial charge in [-0.1, -0.05) is 46.3 Å². The van der Waals surface area contributed by atoms with E-state index in [9.17, 15) is 9.59 Å². The molecule has 0 fully saturated rings. The molecule has 140 valence electrons. The van der Waals surface area contributed by atoms with Crippen LogP contribution in [0.5, 0.6) is 5.75 Å². The third-order valence-electron chi connectivity index (χ3n) is 3.78. The molecule has 0 bridgehead atoms. The van der Waals surface area contributed by atoms with Crippen molar-refractivity contribution in [2.45, 2.75) is 6.42 Å². The van der Waals surface area contributed by atoms with Crippen LogP contribution in [0.1, 0.15) is 21.5 Å². The largest absolute Gasteiger partial charge is 0.423 e. The van der Waals surface area contributed by atoms with E-state index in [1.165, 1.54) is 6.21 Å². The molecule has 0 aromatic heterocycles. The van der Waals surface area contributed by atoms with Crippen LogP contribution in [0.4, 0.5) is 0 Å². The molecule has 0 aliphatic heterocycles. The Morgan fingerprint density at radius 2 is 1.61 bits per heavy atom. The van der Waals surface area contributed by atoms with Crippen LogP contribution in [-0.2, 0) is 11.2 Å². The summed E-state index contributed by atoms with van der Waals surface area (Å²) in [5.41, 5.74) is 4.65. The smallest absolute Gasteiger partial charge is 0.343 e. The summed E-state index contributed by atoms with van der Waals surface area (Å²) in [6.07, 6.45) is 1.80. The number of hydrogen-bond acceptors (Lipinski definition) is 4. The fraction of sp³-hybridized carbons (Fsp3) is 0.0455. The standard InChI is InChI=1S/C22H17BrN2O3/c23-19-10-8-18(9-11-19)22(27)28-20-12-6-17(7-13-20)15-24-25-21(26)14-16-4-2-1-3-5-16/h1-13,15H,14H2,(H,25,26)/b24-15+. The van der Waals surface area contributed by atoms with Gasteiger partial charge in [0.1, 0.15) is 5.75 Å². The first-order valence-electron chi connectivity index (χ1n) is 8.54. The number of nitrogens with one attached hydrogen (secondary N) is 1. The van der Waals surface area contributed by atoms with E-state index >= 15 is 0 Å². The second kappa shape index (κ2) is 9.62. The highest BCUT2D eigenvalue weighted by molar-refractivity contribution is 9.10. The van der Waals surface area contributed by atoms with E-state index in [1.54, 1.807) is 48.5 Å². The lowest BCUT2D eigenvalue weighted by Gasteiger charge is -2.05. The van der Waals surface area contributed by atoms with Crippen molar-refractivity contribution < 1.29 is 14.3 Å². The molecule has 6 heteroatoms. The summed E-state index contributed by atoms with van der Waals surface area (Å²) in [4.78, 5) is 23.9. The predicted octanol–water partition coefficient (Wildman–Crippen LogP) is 4.36. The van der Waals surface area contributed by atoms with Crippen LogP contribution in [0.2, 0.25) is 0 Å². The molecular formula is C22H17BrN2O3. The molecule has 0 aliphatic carbocycles. The molecule has 3 rings (SSSR count). The van der Waals surface area contributed by atoms with Gasteiger partial charge in [-0.25, -0.2) is 10.2 Å². The zero-order chi connectivity index (χ0) is 19.8. The van der Waals surface area contributed by atoms with Crippen LogP contribution >= 0.6 is 15.9 Å². The molecule has 0 atom stereocenters.